The standard InChI is InChI=1S/C13H14N4OS/c1-7-11(16-17-13(7)19-3)12-14-9-5-4-8(18-2)6-10(9)15-12/h4-6H,1-3H3,(H,14,15)(H,16,17). The SMILES string of the molecule is COc1ccc2[nH]c(-c3n[nH]c(SC)c3C)nc2c1. The number of aromatic amines is 2. The van der Waals surface area contributed by atoms with Gasteiger partial charge in [0.1, 0.15) is 11.4 Å². The van der Waals surface area contributed by atoms with E-state index in [4.69, 9.17) is 4.74 Å². The van der Waals surface area contributed by atoms with Crippen LogP contribution in [0.3, 0.4) is 0 Å². The van der Waals surface area contributed by atoms with Crippen LogP contribution in [0.15, 0.2) is 23.2 Å². The van der Waals surface area contributed by atoms with Crippen LogP contribution in [-0.4, -0.2) is 33.5 Å². The highest BCUT2D eigenvalue weighted by Gasteiger charge is 2.14. The Kier molecular flexibility index (Phi) is 2.94. The van der Waals surface area contributed by atoms with Crippen molar-refractivity contribution in [1.82, 2.24) is 20.2 Å². The summed E-state index contributed by atoms with van der Waals surface area (Å²) >= 11 is 1.64. The minimum atomic E-state index is 0.775. The van der Waals surface area contributed by atoms with Crippen molar-refractivity contribution >= 4 is 22.8 Å². The van der Waals surface area contributed by atoms with Gasteiger partial charge in [-0.1, -0.05) is 0 Å². The van der Waals surface area contributed by atoms with E-state index in [1.165, 1.54) is 0 Å². The van der Waals surface area contributed by atoms with E-state index in [2.05, 4.69) is 20.2 Å². The van der Waals surface area contributed by atoms with Gasteiger partial charge in [0.25, 0.3) is 0 Å². The number of benzene rings is 1. The summed E-state index contributed by atoms with van der Waals surface area (Å²) in [5, 5.41) is 8.40. The minimum absolute atomic E-state index is 0.775. The first-order chi connectivity index (χ1) is 9.22. The topological polar surface area (TPSA) is 66.6 Å². The highest BCUT2D eigenvalue weighted by atomic mass is 32.2. The average molecular weight is 274 g/mol. The Morgan fingerprint density at radius 1 is 1.32 bits per heavy atom. The summed E-state index contributed by atoms with van der Waals surface area (Å²) in [4.78, 5) is 7.86. The molecular formula is C13H14N4OS. The van der Waals surface area contributed by atoms with Gasteiger partial charge in [-0.25, -0.2) is 4.98 Å². The number of nitrogens with zero attached hydrogens (tertiary/aromatic N) is 2. The zero-order valence-corrected chi connectivity index (χ0v) is 11.8. The van der Waals surface area contributed by atoms with Crippen molar-refractivity contribution in [2.45, 2.75) is 11.9 Å². The Balaban J connectivity index is 2.12. The van der Waals surface area contributed by atoms with Crippen LogP contribution in [0.5, 0.6) is 5.75 Å². The Hall–Kier alpha value is -1.95. The minimum Gasteiger partial charge on any atom is -0.497 e. The maximum Gasteiger partial charge on any atom is 0.159 e. The van der Waals surface area contributed by atoms with Crippen LogP contribution >= 0.6 is 11.8 Å². The van der Waals surface area contributed by atoms with Gasteiger partial charge in [-0.05, 0) is 25.3 Å². The molecule has 6 heteroatoms. The van der Waals surface area contributed by atoms with E-state index in [9.17, 15) is 0 Å². The summed E-state index contributed by atoms with van der Waals surface area (Å²) in [6.07, 6.45) is 2.02. The van der Waals surface area contributed by atoms with E-state index in [1.807, 2.05) is 31.4 Å². The molecule has 0 radical (unpaired) electrons. The Bertz CT molecular complexity index is 731. The number of nitrogens with one attached hydrogen (secondary N) is 2. The lowest BCUT2D eigenvalue weighted by molar-refractivity contribution is 0.415. The second-order valence-electron chi connectivity index (χ2n) is 4.20. The Morgan fingerprint density at radius 3 is 2.84 bits per heavy atom. The molecule has 1 aromatic carbocycles. The van der Waals surface area contributed by atoms with E-state index in [-0.39, 0.29) is 0 Å². The number of fused-ring (bicyclic) bond motifs is 1. The van der Waals surface area contributed by atoms with Gasteiger partial charge in [-0.15, -0.1) is 11.8 Å². The second kappa shape index (κ2) is 4.62. The average Bonchev–Trinajstić information content (AvgIpc) is 3.00. The highest BCUT2D eigenvalue weighted by molar-refractivity contribution is 7.98. The second-order valence-corrected chi connectivity index (χ2v) is 5.02. The summed E-state index contributed by atoms with van der Waals surface area (Å²) in [5.74, 6) is 1.58. The molecule has 0 saturated carbocycles. The van der Waals surface area contributed by atoms with Crippen molar-refractivity contribution in [2.75, 3.05) is 13.4 Å². The van der Waals surface area contributed by atoms with Crippen molar-refractivity contribution in [3.63, 3.8) is 0 Å². The molecule has 98 valence electrons. The van der Waals surface area contributed by atoms with Crippen molar-refractivity contribution in [2.24, 2.45) is 0 Å². The molecule has 0 aliphatic heterocycles. The number of rotatable bonds is 3. The van der Waals surface area contributed by atoms with Crippen LogP contribution in [0, 0.1) is 6.92 Å². The van der Waals surface area contributed by atoms with Gasteiger partial charge in [0.2, 0.25) is 0 Å². The van der Waals surface area contributed by atoms with Gasteiger partial charge >= 0.3 is 0 Å². The zero-order valence-electron chi connectivity index (χ0n) is 10.9. The van der Waals surface area contributed by atoms with Crippen LogP contribution in [0.25, 0.3) is 22.6 Å². The smallest absolute Gasteiger partial charge is 0.159 e. The van der Waals surface area contributed by atoms with E-state index in [0.717, 1.165) is 38.9 Å². The lowest BCUT2D eigenvalue weighted by Gasteiger charge is -1.96. The normalized spacial score (nSPS) is 11.1. The van der Waals surface area contributed by atoms with E-state index < -0.39 is 0 Å². The number of thioether (sulfide) groups is 1. The van der Waals surface area contributed by atoms with Crippen LogP contribution in [0.4, 0.5) is 0 Å². The molecule has 3 rings (SSSR count). The molecule has 0 bridgehead atoms. The first-order valence-electron chi connectivity index (χ1n) is 5.86. The van der Waals surface area contributed by atoms with Crippen molar-refractivity contribution in [1.29, 1.82) is 0 Å². The number of ether oxygens (including phenoxy) is 1. The fourth-order valence-electron chi connectivity index (χ4n) is 2.04. The maximum atomic E-state index is 5.20. The quantitative estimate of drug-likeness (QED) is 0.720. The third kappa shape index (κ3) is 1.98. The number of H-pyrrole nitrogens is 2. The lowest BCUT2D eigenvalue weighted by atomic mass is 10.3. The number of hydrogen-bond donors (Lipinski definition) is 2. The van der Waals surface area contributed by atoms with Gasteiger partial charge in [-0.2, -0.15) is 5.10 Å². The third-order valence-corrected chi connectivity index (χ3v) is 3.89. The maximum absolute atomic E-state index is 5.20. The van der Waals surface area contributed by atoms with E-state index in [0.29, 0.717) is 0 Å². The van der Waals surface area contributed by atoms with Crippen molar-refractivity contribution < 1.29 is 4.74 Å². The van der Waals surface area contributed by atoms with Gasteiger partial charge in [0, 0.05) is 11.6 Å². The summed E-state index contributed by atoms with van der Waals surface area (Å²) in [6, 6.07) is 5.78. The molecule has 0 spiro atoms. The molecule has 5 nitrogen and oxygen atoms in total. The zero-order chi connectivity index (χ0) is 13.4. The molecule has 0 fully saturated rings. The molecule has 2 N–H and O–H groups in total. The molecule has 2 heterocycles. The molecule has 19 heavy (non-hydrogen) atoms. The largest absolute Gasteiger partial charge is 0.497 e. The number of hydrogen-bond acceptors (Lipinski definition) is 4. The predicted octanol–water partition coefficient (Wildman–Crippen LogP) is 2.99. The van der Waals surface area contributed by atoms with Crippen LogP contribution in [-0.2, 0) is 0 Å². The molecule has 0 unspecified atom stereocenters. The van der Waals surface area contributed by atoms with E-state index >= 15 is 0 Å². The molecule has 2 aromatic heterocycles. The van der Waals surface area contributed by atoms with Crippen LogP contribution in [0.1, 0.15) is 5.56 Å². The predicted molar refractivity (Wildman–Crippen MR) is 76.7 cm³/mol. The summed E-state index contributed by atoms with van der Waals surface area (Å²) in [7, 11) is 1.65. The molecule has 3 aromatic rings. The van der Waals surface area contributed by atoms with E-state index in [1.54, 1.807) is 18.9 Å². The fourth-order valence-corrected chi connectivity index (χ4v) is 2.58. The third-order valence-electron chi connectivity index (χ3n) is 3.08. The first kappa shape index (κ1) is 12.1. The van der Waals surface area contributed by atoms with Gasteiger partial charge in [0.15, 0.2) is 5.82 Å². The molecular weight excluding hydrogens is 260 g/mol. The Labute approximate surface area is 114 Å². The summed E-state index contributed by atoms with van der Waals surface area (Å²) < 4.78 is 5.20. The fraction of sp³-hybridized carbons (Fsp3) is 0.231. The first-order valence-corrected chi connectivity index (χ1v) is 7.08. The number of methoxy groups -OCH3 is 1. The molecule has 0 saturated heterocycles. The highest BCUT2D eigenvalue weighted by Crippen LogP contribution is 2.28. The van der Waals surface area contributed by atoms with Gasteiger partial charge < -0.3 is 9.72 Å². The molecule has 0 aliphatic carbocycles. The van der Waals surface area contributed by atoms with Crippen molar-refractivity contribution in [3.8, 4) is 17.3 Å². The van der Waals surface area contributed by atoms with Crippen LogP contribution in [0.2, 0.25) is 0 Å². The Morgan fingerprint density at radius 2 is 2.16 bits per heavy atom. The number of imidazole rings is 1. The number of aromatic nitrogens is 4. The lowest BCUT2D eigenvalue weighted by Crippen LogP contribution is -1.83. The monoisotopic (exact) mass is 274 g/mol. The molecule has 0 atom stereocenters. The van der Waals surface area contributed by atoms with Gasteiger partial charge in [0.05, 0.1) is 23.2 Å². The molecule has 0 amide bonds. The molecule has 0 aliphatic rings. The van der Waals surface area contributed by atoms with Gasteiger partial charge in [-0.3, -0.25) is 5.10 Å². The van der Waals surface area contributed by atoms with Crippen molar-refractivity contribution in [3.05, 3.63) is 23.8 Å². The summed E-state index contributed by atoms with van der Waals surface area (Å²) in [5.41, 5.74) is 3.82. The van der Waals surface area contributed by atoms with Crippen LogP contribution < -0.4 is 4.74 Å². The summed E-state index contributed by atoms with van der Waals surface area (Å²) in [6.45, 7) is 2.04.